The SMILES string of the molecule is Cl.[S-]C(=Nc1ccccc1)c1ccc2ccccc2n1.[S-]C(=Nc1ccccc1)c1ccc2ccccc2n1.[Zn+2]. The van der Waals surface area contributed by atoms with Gasteiger partial charge < -0.3 is 25.3 Å². The summed E-state index contributed by atoms with van der Waals surface area (Å²) in [4.78, 5) is 17.9. The van der Waals surface area contributed by atoms with E-state index >= 15 is 0 Å². The molecule has 0 aliphatic heterocycles. The van der Waals surface area contributed by atoms with Crippen molar-refractivity contribution in [2.75, 3.05) is 0 Å². The van der Waals surface area contributed by atoms with Gasteiger partial charge in [0.1, 0.15) is 0 Å². The summed E-state index contributed by atoms with van der Waals surface area (Å²) in [5, 5.41) is 3.23. The third-order valence-electron chi connectivity index (χ3n) is 5.61. The molecule has 6 aromatic rings. The number of rotatable bonds is 4. The van der Waals surface area contributed by atoms with E-state index < -0.39 is 0 Å². The molecule has 2 aromatic heterocycles. The molecule has 0 aliphatic carbocycles. The maximum atomic E-state index is 5.34. The standard InChI is InChI=1S/2C16H12N2S.ClH.Zn/c2*19-16(17-13-7-2-1-3-8-13)15-11-10-12-6-4-5-9-14(12)18-15;;/h2*1-11H,(H,17,19);1H;/q;;;+2/p-2. The normalized spacial score (nSPS) is 11.1. The van der Waals surface area contributed by atoms with Crippen molar-refractivity contribution in [1.29, 1.82) is 0 Å². The minimum atomic E-state index is 0. The summed E-state index contributed by atoms with van der Waals surface area (Å²) in [5.74, 6) is 0. The van der Waals surface area contributed by atoms with Crippen LogP contribution in [0.5, 0.6) is 0 Å². The van der Waals surface area contributed by atoms with Crippen LogP contribution in [0.25, 0.3) is 21.8 Å². The Morgan fingerprint density at radius 1 is 0.450 bits per heavy atom. The molecule has 0 fully saturated rings. The fourth-order valence-corrected chi connectivity index (χ4v) is 4.16. The van der Waals surface area contributed by atoms with Gasteiger partial charge in [0.2, 0.25) is 0 Å². The van der Waals surface area contributed by atoms with E-state index in [2.05, 4.69) is 20.0 Å². The number of aliphatic imine (C=N–C) groups is 2. The van der Waals surface area contributed by atoms with Crippen LogP contribution in [0.3, 0.4) is 0 Å². The van der Waals surface area contributed by atoms with E-state index in [4.69, 9.17) is 25.3 Å². The first-order valence-corrected chi connectivity index (χ1v) is 12.8. The van der Waals surface area contributed by atoms with Gasteiger partial charge in [-0.2, -0.15) is 0 Å². The van der Waals surface area contributed by atoms with Crippen molar-refractivity contribution in [3.63, 3.8) is 0 Å². The maximum absolute atomic E-state index is 5.34. The zero-order valence-electron chi connectivity index (χ0n) is 21.4. The van der Waals surface area contributed by atoms with Crippen LogP contribution in [0.2, 0.25) is 0 Å². The van der Waals surface area contributed by atoms with Crippen LogP contribution in [-0.2, 0) is 44.7 Å². The van der Waals surface area contributed by atoms with Crippen molar-refractivity contribution >= 4 is 80.9 Å². The van der Waals surface area contributed by atoms with E-state index in [-0.39, 0.29) is 31.9 Å². The van der Waals surface area contributed by atoms with Gasteiger partial charge in [-0.25, -0.2) is 9.97 Å². The molecule has 0 amide bonds. The Balaban J connectivity index is 0.000000210. The molecule has 4 aromatic carbocycles. The molecule has 0 atom stereocenters. The van der Waals surface area contributed by atoms with Crippen molar-refractivity contribution < 1.29 is 19.5 Å². The van der Waals surface area contributed by atoms with Crippen LogP contribution in [-0.4, -0.2) is 20.1 Å². The van der Waals surface area contributed by atoms with Crippen molar-refractivity contribution in [1.82, 2.24) is 9.97 Å². The van der Waals surface area contributed by atoms with Gasteiger partial charge in [0.05, 0.1) is 33.8 Å². The van der Waals surface area contributed by atoms with Gasteiger partial charge in [0, 0.05) is 10.8 Å². The summed E-state index contributed by atoms with van der Waals surface area (Å²) in [6, 6.07) is 43.2. The second-order valence-corrected chi connectivity index (χ2v) is 9.06. The molecule has 0 radical (unpaired) electrons. The summed E-state index contributed by atoms with van der Waals surface area (Å²) < 4.78 is 0. The smallest absolute Gasteiger partial charge is 0.758 e. The zero-order valence-corrected chi connectivity index (χ0v) is 26.8. The Hall–Kier alpha value is -3.61. The predicted molar refractivity (Wildman–Crippen MR) is 171 cm³/mol. The third-order valence-corrected chi connectivity index (χ3v) is 6.21. The van der Waals surface area contributed by atoms with Crippen LogP contribution in [0, 0.1) is 0 Å². The number of aromatic nitrogens is 2. The number of hydrogen-bond donors (Lipinski definition) is 0. The number of benzene rings is 4. The minimum Gasteiger partial charge on any atom is -0.758 e. The van der Waals surface area contributed by atoms with E-state index in [9.17, 15) is 0 Å². The number of nitrogens with zero attached hydrogens (tertiary/aromatic N) is 4. The zero-order chi connectivity index (χ0) is 26.2. The van der Waals surface area contributed by atoms with Crippen LogP contribution < -0.4 is 0 Å². The quantitative estimate of drug-likeness (QED) is 0.0856. The van der Waals surface area contributed by atoms with Gasteiger partial charge in [-0.15, -0.1) is 12.4 Å². The monoisotopic (exact) mass is 626 g/mol. The fraction of sp³-hybridized carbons (Fsp3) is 0. The maximum Gasteiger partial charge on any atom is 2.00 e. The molecule has 0 aliphatic rings. The van der Waals surface area contributed by atoms with E-state index in [1.807, 2.05) is 133 Å². The van der Waals surface area contributed by atoms with Crippen LogP contribution in [0.4, 0.5) is 11.4 Å². The minimum absolute atomic E-state index is 0. The van der Waals surface area contributed by atoms with E-state index in [1.54, 1.807) is 0 Å². The van der Waals surface area contributed by atoms with Crippen LogP contribution in [0.1, 0.15) is 11.4 Å². The molecule has 8 heteroatoms. The number of fused-ring (bicyclic) bond motifs is 2. The first kappa shape index (κ1) is 30.9. The Labute approximate surface area is 263 Å². The Kier molecular flexibility index (Phi) is 11.8. The molecule has 4 nitrogen and oxygen atoms in total. The average molecular weight is 629 g/mol. The van der Waals surface area contributed by atoms with Crippen molar-refractivity contribution in [3.8, 4) is 0 Å². The molecule has 192 valence electrons. The van der Waals surface area contributed by atoms with Crippen LogP contribution in [0.15, 0.2) is 143 Å². The number of halogens is 1. The summed E-state index contributed by atoms with van der Waals surface area (Å²) in [7, 11) is 0. The molecule has 0 N–H and O–H groups in total. The number of hydrogen-bond acceptors (Lipinski definition) is 6. The van der Waals surface area contributed by atoms with Gasteiger partial charge in [-0.3, -0.25) is 9.98 Å². The van der Waals surface area contributed by atoms with Crippen molar-refractivity contribution in [2.45, 2.75) is 0 Å². The second kappa shape index (κ2) is 15.3. The molecule has 0 saturated carbocycles. The van der Waals surface area contributed by atoms with Gasteiger partial charge in [0.25, 0.3) is 0 Å². The largest absolute Gasteiger partial charge is 2.00 e. The average Bonchev–Trinajstić information content (AvgIpc) is 2.98. The molecule has 40 heavy (non-hydrogen) atoms. The Morgan fingerprint density at radius 2 is 0.800 bits per heavy atom. The van der Waals surface area contributed by atoms with E-state index in [0.29, 0.717) is 10.1 Å². The molecule has 0 saturated heterocycles. The summed E-state index contributed by atoms with van der Waals surface area (Å²) >= 11 is 10.7. The molecule has 0 spiro atoms. The van der Waals surface area contributed by atoms with E-state index in [0.717, 1.165) is 44.6 Å². The Bertz CT molecular complexity index is 1620. The summed E-state index contributed by atoms with van der Waals surface area (Å²) in [6.45, 7) is 0. The van der Waals surface area contributed by atoms with Gasteiger partial charge in [0.15, 0.2) is 0 Å². The Morgan fingerprint density at radius 3 is 1.20 bits per heavy atom. The first-order valence-electron chi connectivity index (χ1n) is 12.0. The van der Waals surface area contributed by atoms with E-state index in [1.165, 1.54) is 0 Å². The molecular weight excluding hydrogens is 605 g/mol. The molecule has 6 rings (SSSR count). The molecular formula is C32H23ClN4S2Zn. The van der Waals surface area contributed by atoms with Crippen molar-refractivity contribution in [3.05, 3.63) is 145 Å². The predicted octanol–water partition coefficient (Wildman–Crippen LogP) is 8.14. The molecule has 0 bridgehead atoms. The first-order chi connectivity index (χ1) is 18.7. The topological polar surface area (TPSA) is 50.5 Å². The fourth-order valence-electron chi connectivity index (χ4n) is 3.72. The third kappa shape index (κ3) is 8.20. The number of para-hydroxylation sites is 4. The second-order valence-electron chi connectivity index (χ2n) is 8.28. The number of pyridine rings is 2. The van der Waals surface area contributed by atoms with Gasteiger partial charge in [-0.1, -0.05) is 95.0 Å². The molecule has 0 unspecified atom stereocenters. The van der Waals surface area contributed by atoms with Crippen LogP contribution >= 0.6 is 12.4 Å². The van der Waals surface area contributed by atoms with Crippen molar-refractivity contribution in [2.24, 2.45) is 9.98 Å². The van der Waals surface area contributed by atoms with Gasteiger partial charge >= 0.3 is 19.5 Å². The summed E-state index contributed by atoms with van der Waals surface area (Å²) in [6.07, 6.45) is 0. The van der Waals surface area contributed by atoms with Gasteiger partial charge in [-0.05, 0) is 48.5 Å². The summed E-state index contributed by atoms with van der Waals surface area (Å²) in [5.41, 5.74) is 5.04. The molecule has 2 heterocycles.